The Balaban J connectivity index is 2.58. The summed E-state index contributed by atoms with van der Waals surface area (Å²) in [4.78, 5) is 0. The molecule has 1 atom stereocenters. The molecule has 17 heavy (non-hydrogen) atoms. The average Bonchev–Trinajstić information content (AvgIpc) is 2.26. The zero-order valence-corrected chi connectivity index (χ0v) is 13.3. The lowest BCUT2D eigenvalue weighted by Gasteiger charge is -2.41. The largest absolute Gasteiger partial charge is 0.411 e. The van der Waals surface area contributed by atoms with Crippen LogP contribution in [0.2, 0.25) is 18.1 Å². The second-order valence-corrected chi connectivity index (χ2v) is 11.3. The maximum absolute atomic E-state index is 6.22. The van der Waals surface area contributed by atoms with Gasteiger partial charge >= 0.3 is 0 Å². The van der Waals surface area contributed by atoms with E-state index in [4.69, 9.17) is 13.9 Å². The van der Waals surface area contributed by atoms with Gasteiger partial charge in [0.2, 0.25) is 0 Å². The van der Waals surface area contributed by atoms with Crippen LogP contribution in [0.1, 0.15) is 40.0 Å². The summed E-state index contributed by atoms with van der Waals surface area (Å²) in [6.07, 6.45) is 3.23. The van der Waals surface area contributed by atoms with Gasteiger partial charge in [-0.1, -0.05) is 20.8 Å². The third-order valence-corrected chi connectivity index (χ3v) is 8.63. The average molecular weight is 260 g/mol. The third-order valence-electron chi connectivity index (χ3n) is 4.15. The van der Waals surface area contributed by atoms with Crippen molar-refractivity contribution < 1.29 is 13.9 Å². The van der Waals surface area contributed by atoms with E-state index in [-0.39, 0.29) is 5.04 Å². The first-order valence-corrected chi connectivity index (χ1v) is 9.46. The molecule has 1 heterocycles. The van der Waals surface area contributed by atoms with Gasteiger partial charge in [-0.05, 0) is 31.0 Å². The standard InChI is InChI=1S/C13H28O3Si/c1-12(2,3)17(5,6)16-11-13(14-4)9-7-8-10-15-13/h7-11H2,1-6H3/t13-/m0/s1. The lowest BCUT2D eigenvalue weighted by atomic mass is 10.1. The molecule has 1 aliphatic heterocycles. The van der Waals surface area contributed by atoms with Gasteiger partial charge in [0.25, 0.3) is 0 Å². The maximum Gasteiger partial charge on any atom is 0.192 e. The summed E-state index contributed by atoms with van der Waals surface area (Å²) in [5, 5.41) is 0.233. The van der Waals surface area contributed by atoms with Crippen LogP contribution in [0.3, 0.4) is 0 Å². The molecule has 0 aromatic carbocycles. The van der Waals surface area contributed by atoms with Crippen LogP contribution in [-0.4, -0.2) is 34.4 Å². The summed E-state index contributed by atoms with van der Waals surface area (Å²) < 4.78 is 17.6. The molecule has 4 heteroatoms. The smallest absolute Gasteiger partial charge is 0.192 e. The van der Waals surface area contributed by atoms with Crippen LogP contribution >= 0.6 is 0 Å². The normalized spacial score (nSPS) is 27.2. The van der Waals surface area contributed by atoms with Crippen molar-refractivity contribution >= 4 is 8.32 Å². The highest BCUT2D eigenvalue weighted by Crippen LogP contribution is 2.38. The quantitative estimate of drug-likeness (QED) is 0.724. The molecule has 0 bridgehead atoms. The van der Waals surface area contributed by atoms with E-state index in [1.807, 2.05) is 0 Å². The van der Waals surface area contributed by atoms with Crippen LogP contribution in [-0.2, 0) is 13.9 Å². The minimum Gasteiger partial charge on any atom is -0.411 e. The summed E-state index contributed by atoms with van der Waals surface area (Å²) in [7, 11) is 0.0104. The van der Waals surface area contributed by atoms with Crippen molar-refractivity contribution in [3.63, 3.8) is 0 Å². The van der Waals surface area contributed by atoms with Crippen LogP contribution in [0.4, 0.5) is 0 Å². The predicted molar refractivity (Wildman–Crippen MR) is 72.7 cm³/mol. The fourth-order valence-corrected chi connectivity index (χ4v) is 2.68. The highest BCUT2D eigenvalue weighted by Gasteiger charge is 2.41. The summed E-state index contributed by atoms with van der Waals surface area (Å²) in [5.41, 5.74) is 0. The first-order chi connectivity index (χ1) is 7.72. The van der Waals surface area contributed by atoms with Crippen LogP contribution in [0.15, 0.2) is 0 Å². The van der Waals surface area contributed by atoms with Crippen LogP contribution in [0.25, 0.3) is 0 Å². The zero-order valence-electron chi connectivity index (χ0n) is 12.3. The molecule has 0 aliphatic carbocycles. The van der Waals surface area contributed by atoms with Gasteiger partial charge in [-0.15, -0.1) is 0 Å². The van der Waals surface area contributed by atoms with Gasteiger partial charge in [-0.3, -0.25) is 0 Å². The second-order valence-electron chi connectivity index (χ2n) is 6.47. The molecule has 3 nitrogen and oxygen atoms in total. The van der Waals surface area contributed by atoms with E-state index in [0.29, 0.717) is 6.61 Å². The first kappa shape index (κ1) is 15.2. The van der Waals surface area contributed by atoms with Gasteiger partial charge in [-0.25, -0.2) is 0 Å². The highest BCUT2D eigenvalue weighted by molar-refractivity contribution is 6.74. The van der Waals surface area contributed by atoms with Crippen LogP contribution < -0.4 is 0 Å². The van der Waals surface area contributed by atoms with Crippen molar-refractivity contribution in [3.8, 4) is 0 Å². The molecule has 0 radical (unpaired) electrons. The summed E-state index contributed by atoms with van der Waals surface area (Å²) in [6.45, 7) is 12.6. The number of methoxy groups -OCH3 is 1. The summed E-state index contributed by atoms with van der Waals surface area (Å²) in [6, 6.07) is 0. The van der Waals surface area contributed by atoms with Gasteiger partial charge < -0.3 is 13.9 Å². The highest BCUT2D eigenvalue weighted by atomic mass is 28.4. The van der Waals surface area contributed by atoms with Crippen molar-refractivity contribution in [3.05, 3.63) is 0 Å². The predicted octanol–water partition coefficient (Wildman–Crippen LogP) is 3.55. The molecule has 0 unspecified atom stereocenters. The van der Waals surface area contributed by atoms with Crippen LogP contribution in [0, 0.1) is 0 Å². The Morgan fingerprint density at radius 2 is 1.88 bits per heavy atom. The van der Waals surface area contributed by atoms with E-state index in [0.717, 1.165) is 25.9 Å². The Morgan fingerprint density at radius 1 is 1.24 bits per heavy atom. The molecule has 102 valence electrons. The molecule has 0 spiro atoms. The molecule has 0 N–H and O–H groups in total. The topological polar surface area (TPSA) is 27.7 Å². The van der Waals surface area contributed by atoms with E-state index in [2.05, 4.69) is 33.9 Å². The number of hydrogen-bond acceptors (Lipinski definition) is 3. The second kappa shape index (κ2) is 5.39. The van der Waals surface area contributed by atoms with E-state index >= 15 is 0 Å². The maximum atomic E-state index is 6.22. The Morgan fingerprint density at radius 3 is 2.29 bits per heavy atom. The first-order valence-electron chi connectivity index (χ1n) is 6.56. The van der Waals surface area contributed by atoms with E-state index in [1.54, 1.807) is 7.11 Å². The Bertz CT molecular complexity index is 240. The zero-order chi connectivity index (χ0) is 13.2. The molecule has 1 aliphatic rings. The van der Waals surface area contributed by atoms with E-state index in [9.17, 15) is 0 Å². The van der Waals surface area contributed by atoms with Crippen molar-refractivity contribution in [2.45, 2.75) is 64.0 Å². The van der Waals surface area contributed by atoms with E-state index < -0.39 is 14.1 Å². The number of hydrogen-bond donors (Lipinski definition) is 0. The van der Waals surface area contributed by atoms with Gasteiger partial charge in [0, 0.05) is 13.5 Å². The Kier molecular flexibility index (Phi) is 4.80. The molecule has 0 amide bonds. The molecule has 0 aromatic heterocycles. The van der Waals surface area contributed by atoms with Crippen molar-refractivity contribution in [2.24, 2.45) is 0 Å². The molecule has 0 aromatic rings. The fraction of sp³-hybridized carbons (Fsp3) is 1.00. The number of ether oxygens (including phenoxy) is 2. The molecule has 1 fully saturated rings. The molecular weight excluding hydrogens is 232 g/mol. The summed E-state index contributed by atoms with van der Waals surface area (Å²) in [5.74, 6) is -0.492. The van der Waals surface area contributed by atoms with Gasteiger partial charge in [0.05, 0.1) is 13.2 Å². The van der Waals surface area contributed by atoms with Gasteiger partial charge in [-0.2, -0.15) is 0 Å². The monoisotopic (exact) mass is 260 g/mol. The minimum absolute atomic E-state index is 0.233. The molecule has 1 saturated heterocycles. The fourth-order valence-electron chi connectivity index (χ4n) is 1.67. The molecule has 1 rings (SSSR count). The van der Waals surface area contributed by atoms with Crippen molar-refractivity contribution in [2.75, 3.05) is 20.3 Å². The van der Waals surface area contributed by atoms with Crippen molar-refractivity contribution in [1.82, 2.24) is 0 Å². The number of rotatable bonds is 4. The Labute approximate surface area is 107 Å². The minimum atomic E-state index is -1.71. The SMILES string of the molecule is CO[C@@]1(CO[Si](C)(C)C(C)(C)C)CCCCO1. The third kappa shape index (κ3) is 3.78. The lowest BCUT2D eigenvalue weighted by Crippen LogP contribution is -2.49. The van der Waals surface area contributed by atoms with Gasteiger partial charge in [0.1, 0.15) is 0 Å². The van der Waals surface area contributed by atoms with Crippen LogP contribution in [0.5, 0.6) is 0 Å². The lowest BCUT2D eigenvalue weighted by molar-refractivity contribution is -0.256. The molecule has 0 saturated carbocycles. The Hall–Kier alpha value is 0.0969. The summed E-state index contributed by atoms with van der Waals surface area (Å²) >= 11 is 0. The molecular formula is C13H28O3Si. The van der Waals surface area contributed by atoms with Crippen molar-refractivity contribution in [1.29, 1.82) is 0 Å². The van der Waals surface area contributed by atoms with E-state index in [1.165, 1.54) is 0 Å². The van der Waals surface area contributed by atoms with Gasteiger partial charge in [0.15, 0.2) is 14.1 Å².